The van der Waals surface area contributed by atoms with Gasteiger partial charge in [0, 0.05) is 6.54 Å². The highest BCUT2D eigenvalue weighted by molar-refractivity contribution is 5.50. The van der Waals surface area contributed by atoms with Crippen LogP contribution in [0, 0.1) is 0 Å². The molecule has 0 amide bonds. The largest absolute Gasteiger partial charge is 0.378 e. The van der Waals surface area contributed by atoms with Crippen molar-refractivity contribution < 1.29 is 19.0 Å². The topological polar surface area (TPSA) is 70.8 Å². The maximum absolute atomic E-state index is 9.81. The number of nitrogens with two attached hydrogens (primary N) is 1. The van der Waals surface area contributed by atoms with E-state index in [1.54, 1.807) is 0 Å². The molecule has 5 nitrogen and oxygen atoms in total. The van der Waals surface area contributed by atoms with Gasteiger partial charge >= 0.3 is 0 Å². The molecule has 0 aromatic rings. The maximum atomic E-state index is 9.81. The van der Waals surface area contributed by atoms with Gasteiger partial charge in [0.1, 0.15) is 12.9 Å². The van der Waals surface area contributed by atoms with Gasteiger partial charge in [-0.05, 0) is 0 Å². The van der Waals surface area contributed by atoms with Crippen molar-refractivity contribution in [2.24, 2.45) is 5.73 Å². The van der Waals surface area contributed by atoms with Crippen LogP contribution in [0.2, 0.25) is 0 Å². The predicted octanol–water partition coefficient (Wildman–Crippen LogP) is 0.220. The lowest BCUT2D eigenvalue weighted by Gasteiger charge is -2.04. The van der Waals surface area contributed by atoms with Crippen LogP contribution in [0.3, 0.4) is 0 Å². The minimum Gasteiger partial charge on any atom is -0.378 e. The van der Waals surface area contributed by atoms with E-state index in [9.17, 15) is 4.79 Å². The molecule has 15 heavy (non-hydrogen) atoms. The third kappa shape index (κ3) is 19.8. The Kier molecular flexibility index (Phi) is 21.6. The Hall–Kier alpha value is -0.490. The number of ether oxygens (including phenoxy) is 3. The number of hydrogen-bond acceptors (Lipinski definition) is 5. The second kappa shape index (κ2) is 19.1. The zero-order chi connectivity index (χ0) is 11.8. The lowest BCUT2D eigenvalue weighted by Crippen LogP contribution is -2.13. The highest BCUT2D eigenvalue weighted by Crippen LogP contribution is 1.79. The Labute approximate surface area is 91.9 Å². The van der Waals surface area contributed by atoms with E-state index in [4.69, 9.17) is 19.9 Å². The fourth-order valence-corrected chi connectivity index (χ4v) is 0.655. The van der Waals surface area contributed by atoms with Gasteiger partial charge in [-0.25, -0.2) is 0 Å². The average molecular weight is 221 g/mol. The van der Waals surface area contributed by atoms with Crippen LogP contribution < -0.4 is 5.73 Å². The number of carbonyl (C=O) groups excluding carboxylic acids is 1. The zero-order valence-corrected chi connectivity index (χ0v) is 9.74. The molecule has 0 aromatic heterocycles. The van der Waals surface area contributed by atoms with Gasteiger partial charge in [0.25, 0.3) is 0 Å². The van der Waals surface area contributed by atoms with Crippen LogP contribution in [-0.2, 0) is 19.0 Å². The van der Waals surface area contributed by atoms with Crippen LogP contribution in [0.1, 0.15) is 13.8 Å². The first-order valence-corrected chi connectivity index (χ1v) is 5.28. The van der Waals surface area contributed by atoms with Crippen molar-refractivity contribution in [1.29, 1.82) is 0 Å². The van der Waals surface area contributed by atoms with Gasteiger partial charge in [-0.2, -0.15) is 0 Å². The van der Waals surface area contributed by atoms with E-state index in [0.717, 1.165) is 0 Å². The van der Waals surface area contributed by atoms with Crippen LogP contribution in [-0.4, -0.2) is 52.5 Å². The summed E-state index contributed by atoms with van der Waals surface area (Å²) in [7, 11) is 0. The number of aldehydes is 1. The first-order valence-electron chi connectivity index (χ1n) is 5.28. The van der Waals surface area contributed by atoms with Crippen LogP contribution in [0.25, 0.3) is 0 Å². The molecule has 0 heterocycles. The highest BCUT2D eigenvalue weighted by Gasteiger charge is 1.89. The van der Waals surface area contributed by atoms with Crippen molar-refractivity contribution in [2.45, 2.75) is 13.8 Å². The van der Waals surface area contributed by atoms with Gasteiger partial charge in [0.2, 0.25) is 0 Å². The number of rotatable bonds is 10. The summed E-state index contributed by atoms with van der Waals surface area (Å²) in [6, 6.07) is 0. The molecular weight excluding hydrogens is 198 g/mol. The summed E-state index contributed by atoms with van der Waals surface area (Å²) in [4.78, 5) is 9.81. The van der Waals surface area contributed by atoms with Crippen molar-refractivity contribution in [1.82, 2.24) is 0 Å². The Balaban J connectivity index is 0. The predicted molar refractivity (Wildman–Crippen MR) is 58.9 cm³/mol. The molecule has 0 atom stereocenters. The Morgan fingerprint density at radius 2 is 1.40 bits per heavy atom. The fraction of sp³-hybridized carbons (Fsp3) is 0.900. The van der Waals surface area contributed by atoms with Gasteiger partial charge in [-0.3, -0.25) is 0 Å². The van der Waals surface area contributed by atoms with E-state index in [0.29, 0.717) is 45.9 Å². The maximum Gasteiger partial charge on any atom is 0.145 e. The summed E-state index contributed by atoms with van der Waals surface area (Å²) in [5.41, 5.74) is 5.21. The van der Waals surface area contributed by atoms with Crippen molar-refractivity contribution in [3.05, 3.63) is 0 Å². The molecule has 0 unspecified atom stereocenters. The molecule has 0 fully saturated rings. The van der Waals surface area contributed by atoms with Crippen molar-refractivity contribution in [3.63, 3.8) is 0 Å². The normalized spacial score (nSPS) is 9.27. The summed E-state index contributed by atoms with van der Waals surface area (Å²) >= 11 is 0. The van der Waals surface area contributed by atoms with Gasteiger partial charge < -0.3 is 24.7 Å². The van der Waals surface area contributed by atoms with Gasteiger partial charge in [-0.1, -0.05) is 13.8 Å². The van der Waals surface area contributed by atoms with Crippen LogP contribution in [0.15, 0.2) is 0 Å². The highest BCUT2D eigenvalue weighted by atomic mass is 16.5. The summed E-state index contributed by atoms with van der Waals surface area (Å²) in [5, 5.41) is 0. The van der Waals surface area contributed by atoms with Gasteiger partial charge in [0.05, 0.1) is 33.0 Å². The van der Waals surface area contributed by atoms with Crippen molar-refractivity contribution >= 4 is 6.29 Å². The Bertz CT molecular complexity index is 112. The number of hydrogen-bond donors (Lipinski definition) is 1. The van der Waals surface area contributed by atoms with Crippen LogP contribution >= 0.6 is 0 Å². The zero-order valence-electron chi connectivity index (χ0n) is 9.74. The smallest absolute Gasteiger partial charge is 0.145 e. The molecule has 2 N–H and O–H groups in total. The molecule has 0 rings (SSSR count). The lowest BCUT2D eigenvalue weighted by molar-refractivity contribution is -0.112. The Morgan fingerprint density at radius 3 is 1.87 bits per heavy atom. The molecule has 0 saturated carbocycles. The molecule has 0 saturated heterocycles. The molecule has 0 spiro atoms. The van der Waals surface area contributed by atoms with E-state index in [2.05, 4.69) is 0 Å². The monoisotopic (exact) mass is 221 g/mol. The number of carbonyl (C=O) groups is 1. The van der Waals surface area contributed by atoms with Gasteiger partial charge in [-0.15, -0.1) is 0 Å². The molecule has 0 bridgehead atoms. The van der Waals surface area contributed by atoms with Crippen molar-refractivity contribution in [2.75, 3.05) is 46.2 Å². The minimum atomic E-state index is 0.132. The molecule has 92 valence electrons. The van der Waals surface area contributed by atoms with E-state index < -0.39 is 0 Å². The molecule has 0 aliphatic rings. The summed E-state index contributed by atoms with van der Waals surface area (Å²) < 4.78 is 15.0. The molecular formula is C10H23NO4. The van der Waals surface area contributed by atoms with E-state index in [-0.39, 0.29) is 6.61 Å². The average Bonchev–Trinajstić information content (AvgIpc) is 2.30. The molecule has 0 aromatic carbocycles. The second-order valence-corrected chi connectivity index (χ2v) is 2.26. The fourth-order valence-electron chi connectivity index (χ4n) is 0.655. The SMILES string of the molecule is CC.NCCOCCOCCOCC=O. The molecule has 0 radical (unpaired) electrons. The Morgan fingerprint density at radius 1 is 0.933 bits per heavy atom. The lowest BCUT2D eigenvalue weighted by atomic mass is 10.7. The van der Waals surface area contributed by atoms with E-state index in [1.807, 2.05) is 13.8 Å². The second-order valence-electron chi connectivity index (χ2n) is 2.26. The standard InChI is InChI=1S/C8H17NO4.C2H6/c9-1-3-11-5-7-13-8-6-12-4-2-10;1-2/h2H,1,3-9H2;1-2H3. The molecule has 0 aliphatic carbocycles. The minimum absolute atomic E-state index is 0.132. The summed E-state index contributed by atoms with van der Waals surface area (Å²) in [6.45, 7) is 7.23. The third-order valence-corrected chi connectivity index (χ3v) is 1.19. The van der Waals surface area contributed by atoms with Gasteiger partial charge in [0.15, 0.2) is 0 Å². The molecule has 0 aliphatic heterocycles. The summed E-state index contributed by atoms with van der Waals surface area (Å²) in [5.74, 6) is 0. The van der Waals surface area contributed by atoms with Crippen LogP contribution in [0.4, 0.5) is 0 Å². The van der Waals surface area contributed by atoms with Crippen LogP contribution in [0.5, 0.6) is 0 Å². The van der Waals surface area contributed by atoms with E-state index >= 15 is 0 Å². The summed E-state index contributed by atoms with van der Waals surface area (Å²) in [6.07, 6.45) is 0.713. The molecule has 5 heteroatoms. The third-order valence-electron chi connectivity index (χ3n) is 1.19. The van der Waals surface area contributed by atoms with Crippen molar-refractivity contribution in [3.8, 4) is 0 Å². The quantitative estimate of drug-likeness (QED) is 0.422. The van der Waals surface area contributed by atoms with E-state index in [1.165, 1.54) is 0 Å². The first-order chi connectivity index (χ1) is 7.41. The first kappa shape index (κ1) is 16.9.